The number of ketones is 1. The summed E-state index contributed by atoms with van der Waals surface area (Å²) in [6.07, 6.45) is 4.71. The highest BCUT2D eigenvalue weighted by Gasteiger charge is 2.21. The first kappa shape index (κ1) is 14.1. The first-order valence-electron chi connectivity index (χ1n) is 6.74. The van der Waals surface area contributed by atoms with Crippen LogP contribution < -0.4 is 0 Å². The van der Waals surface area contributed by atoms with E-state index in [4.69, 9.17) is 0 Å². The van der Waals surface area contributed by atoms with Gasteiger partial charge in [0.1, 0.15) is 17.7 Å². The monoisotopic (exact) mass is 268 g/mol. The van der Waals surface area contributed by atoms with Gasteiger partial charge in [-0.3, -0.25) is 4.79 Å². The zero-order chi connectivity index (χ0) is 13.8. The number of hydrogen-bond donors (Lipinski definition) is 1. The number of carbonyl (C=O) groups excluding carboxylic acids is 1. The molecular weight excluding hydrogens is 250 g/mol. The molecule has 1 aromatic carbocycles. The fraction of sp³-hybridized carbons (Fsp3) is 0.533. The molecule has 0 heterocycles. The Balaban J connectivity index is 1.93. The Kier molecular flexibility index (Phi) is 4.64. The van der Waals surface area contributed by atoms with E-state index in [2.05, 4.69) is 0 Å². The maximum absolute atomic E-state index is 13.0. The van der Waals surface area contributed by atoms with Crippen LogP contribution in [-0.4, -0.2) is 17.0 Å². The van der Waals surface area contributed by atoms with Gasteiger partial charge < -0.3 is 5.11 Å². The molecule has 1 atom stereocenters. The SMILES string of the molecule is O=C(c1cc(F)cc(F)c1)C(O)CCC1CCCC1. The van der Waals surface area contributed by atoms with Crippen molar-refractivity contribution >= 4 is 5.78 Å². The first-order chi connectivity index (χ1) is 9.06. The molecule has 1 aliphatic rings. The molecule has 0 aliphatic heterocycles. The van der Waals surface area contributed by atoms with Gasteiger partial charge in [-0.05, 0) is 30.9 Å². The molecule has 2 nitrogen and oxygen atoms in total. The number of hydrogen-bond acceptors (Lipinski definition) is 2. The molecule has 1 N–H and O–H groups in total. The van der Waals surface area contributed by atoms with E-state index < -0.39 is 23.5 Å². The van der Waals surface area contributed by atoms with E-state index in [0.29, 0.717) is 18.4 Å². The van der Waals surface area contributed by atoms with E-state index in [1.165, 1.54) is 12.8 Å². The summed E-state index contributed by atoms with van der Waals surface area (Å²) in [5, 5.41) is 9.82. The van der Waals surface area contributed by atoms with Gasteiger partial charge >= 0.3 is 0 Å². The second-order valence-electron chi connectivity index (χ2n) is 5.27. The van der Waals surface area contributed by atoms with Gasteiger partial charge in [0.2, 0.25) is 0 Å². The van der Waals surface area contributed by atoms with Crippen molar-refractivity contribution in [3.63, 3.8) is 0 Å². The molecule has 0 aromatic heterocycles. The third-order valence-electron chi connectivity index (χ3n) is 3.77. The highest BCUT2D eigenvalue weighted by molar-refractivity contribution is 5.99. The van der Waals surface area contributed by atoms with Crippen LogP contribution in [0.2, 0.25) is 0 Å². The summed E-state index contributed by atoms with van der Waals surface area (Å²) in [5.41, 5.74) is -0.101. The van der Waals surface area contributed by atoms with Gasteiger partial charge in [-0.1, -0.05) is 25.7 Å². The second kappa shape index (κ2) is 6.24. The van der Waals surface area contributed by atoms with E-state index in [-0.39, 0.29) is 5.56 Å². The highest BCUT2D eigenvalue weighted by Crippen LogP contribution is 2.29. The van der Waals surface area contributed by atoms with Crippen LogP contribution in [0.25, 0.3) is 0 Å². The van der Waals surface area contributed by atoms with Crippen LogP contribution in [0.4, 0.5) is 8.78 Å². The summed E-state index contributed by atoms with van der Waals surface area (Å²) in [4.78, 5) is 11.9. The predicted molar refractivity (Wildman–Crippen MR) is 67.9 cm³/mol. The molecule has 4 heteroatoms. The summed E-state index contributed by atoms with van der Waals surface area (Å²) >= 11 is 0. The van der Waals surface area contributed by atoms with Crippen LogP contribution in [0.5, 0.6) is 0 Å². The maximum Gasteiger partial charge on any atom is 0.191 e. The quantitative estimate of drug-likeness (QED) is 0.830. The number of halogens is 2. The highest BCUT2D eigenvalue weighted by atomic mass is 19.1. The number of aliphatic hydroxyl groups excluding tert-OH is 1. The Labute approximate surface area is 111 Å². The molecule has 1 aliphatic carbocycles. The number of rotatable bonds is 5. The Bertz CT molecular complexity index is 433. The fourth-order valence-electron chi connectivity index (χ4n) is 2.71. The standard InChI is InChI=1S/C15H18F2O2/c16-12-7-11(8-13(17)9-12)15(19)14(18)6-5-10-3-1-2-4-10/h7-10,14,18H,1-6H2. The zero-order valence-corrected chi connectivity index (χ0v) is 10.7. The summed E-state index contributed by atoms with van der Waals surface area (Å²) in [5.74, 6) is -1.62. The zero-order valence-electron chi connectivity index (χ0n) is 10.7. The van der Waals surface area contributed by atoms with Crippen molar-refractivity contribution in [2.24, 2.45) is 5.92 Å². The van der Waals surface area contributed by atoms with Crippen LogP contribution in [0.1, 0.15) is 48.9 Å². The van der Waals surface area contributed by atoms with Crippen molar-refractivity contribution in [1.29, 1.82) is 0 Å². The fourth-order valence-corrected chi connectivity index (χ4v) is 2.71. The van der Waals surface area contributed by atoms with Gasteiger partial charge in [-0.25, -0.2) is 8.78 Å². The third-order valence-corrected chi connectivity index (χ3v) is 3.77. The maximum atomic E-state index is 13.0. The normalized spacial score (nSPS) is 17.6. The molecule has 0 amide bonds. The summed E-state index contributed by atoms with van der Waals surface area (Å²) < 4.78 is 26.0. The number of Topliss-reactive ketones (excluding diaryl/α,β-unsaturated/α-hetero) is 1. The van der Waals surface area contributed by atoms with E-state index in [0.717, 1.165) is 31.4 Å². The smallest absolute Gasteiger partial charge is 0.191 e. The van der Waals surface area contributed by atoms with Gasteiger partial charge in [0.15, 0.2) is 5.78 Å². The molecule has 19 heavy (non-hydrogen) atoms. The summed E-state index contributed by atoms with van der Waals surface area (Å²) in [6, 6.07) is 2.64. The molecule has 104 valence electrons. The molecule has 2 rings (SSSR count). The van der Waals surface area contributed by atoms with Crippen LogP contribution >= 0.6 is 0 Å². The second-order valence-corrected chi connectivity index (χ2v) is 5.27. The van der Waals surface area contributed by atoms with Crippen LogP contribution in [0, 0.1) is 17.6 Å². The molecule has 1 aromatic rings. The van der Waals surface area contributed by atoms with Crippen molar-refractivity contribution in [3.05, 3.63) is 35.4 Å². The van der Waals surface area contributed by atoms with Crippen molar-refractivity contribution in [1.82, 2.24) is 0 Å². The average molecular weight is 268 g/mol. The molecule has 1 fully saturated rings. The van der Waals surface area contributed by atoms with Gasteiger partial charge in [0.25, 0.3) is 0 Å². The van der Waals surface area contributed by atoms with E-state index in [1.54, 1.807) is 0 Å². The summed E-state index contributed by atoms with van der Waals surface area (Å²) in [7, 11) is 0. The van der Waals surface area contributed by atoms with Crippen molar-refractivity contribution in [3.8, 4) is 0 Å². The van der Waals surface area contributed by atoms with Crippen LogP contribution in [0.15, 0.2) is 18.2 Å². The molecule has 1 saturated carbocycles. The Morgan fingerprint density at radius 2 is 1.79 bits per heavy atom. The Morgan fingerprint density at radius 3 is 2.37 bits per heavy atom. The van der Waals surface area contributed by atoms with Crippen molar-refractivity contribution in [2.45, 2.75) is 44.6 Å². The topological polar surface area (TPSA) is 37.3 Å². The molecule has 1 unspecified atom stereocenters. The van der Waals surface area contributed by atoms with Crippen molar-refractivity contribution < 1.29 is 18.7 Å². The average Bonchev–Trinajstić information content (AvgIpc) is 2.87. The van der Waals surface area contributed by atoms with E-state index in [1.807, 2.05) is 0 Å². The molecule has 0 radical (unpaired) electrons. The minimum Gasteiger partial charge on any atom is -0.385 e. The van der Waals surface area contributed by atoms with Crippen molar-refractivity contribution in [2.75, 3.05) is 0 Å². The number of carbonyl (C=O) groups is 1. The molecule has 0 bridgehead atoms. The lowest BCUT2D eigenvalue weighted by atomic mass is 9.96. The lowest BCUT2D eigenvalue weighted by Crippen LogP contribution is -2.21. The third kappa shape index (κ3) is 3.83. The predicted octanol–water partition coefficient (Wildman–Crippen LogP) is 3.48. The lowest BCUT2D eigenvalue weighted by molar-refractivity contribution is 0.0716. The number of benzene rings is 1. The molecule has 0 saturated heterocycles. The Morgan fingerprint density at radius 1 is 1.21 bits per heavy atom. The van der Waals surface area contributed by atoms with E-state index >= 15 is 0 Å². The largest absolute Gasteiger partial charge is 0.385 e. The van der Waals surface area contributed by atoms with Crippen LogP contribution in [0.3, 0.4) is 0 Å². The van der Waals surface area contributed by atoms with E-state index in [9.17, 15) is 18.7 Å². The summed E-state index contributed by atoms with van der Waals surface area (Å²) in [6.45, 7) is 0. The molecule has 0 spiro atoms. The lowest BCUT2D eigenvalue weighted by Gasteiger charge is -2.13. The van der Waals surface area contributed by atoms with Gasteiger partial charge in [0.05, 0.1) is 0 Å². The molecular formula is C15H18F2O2. The Hall–Kier alpha value is -1.29. The minimum atomic E-state index is -1.17. The minimum absolute atomic E-state index is 0.101. The van der Waals surface area contributed by atoms with Gasteiger partial charge in [-0.15, -0.1) is 0 Å². The van der Waals surface area contributed by atoms with Crippen LogP contribution in [-0.2, 0) is 0 Å². The van der Waals surface area contributed by atoms with Gasteiger partial charge in [-0.2, -0.15) is 0 Å². The number of aliphatic hydroxyl groups is 1. The first-order valence-corrected chi connectivity index (χ1v) is 6.74. The van der Waals surface area contributed by atoms with Gasteiger partial charge in [0, 0.05) is 11.6 Å².